The van der Waals surface area contributed by atoms with Gasteiger partial charge in [0.1, 0.15) is 5.15 Å². The maximum atomic E-state index is 5.70. The van der Waals surface area contributed by atoms with Crippen LogP contribution in [0.3, 0.4) is 0 Å². The molecule has 0 unspecified atom stereocenters. The molecule has 0 atom stereocenters. The maximum Gasteiger partial charge on any atom is 0.129 e. The minimum Gasteiger partial charge on any atom is -0.381 e. The van der Waals surface area contributed by atoms with Crippen LogP contribution in [0.4, 0.5) is 5.69 Å². The molecule has 0 aliphatic heterocycles. The zero-order valence-corrected chi connectivity index (χ0v) is 10.9. The van der Waals surface area contributed by atoms with E-state index in [2.05, 4.69) is 10.3 Å². The summed E-state index contributed by atoms with van der Waals surface area (Å²) in [6.07, 6.45) is 1.78. The van der Waals surface area contributed by atoms with E-state index in [4.69, 9.17) is 11.6 Å². The normalized spacial score (nSPS) is 9.12. The maximum absolute atomic E-state index is 5.70. The molecule has 1 aromatic carbocycles. The number of nitrogens with one attached hydrogen (secondary N) is 1. The van der Waals surface area contributed by atoms with Crippen molar-refractivity contribution in [1.29, 1.82) is 0 Å². The van der Waals surface area contributed by atoms with Crippen molar-refractivity contribution >= 4 is 17.3 Å². The van der Waals surface area contributed by atoms with E-state index >= 15 is 0 Å². The van der Waals surface area contributed by atoms with Crippen molar-refractivity contribution in [3.63, 3.8) is 0 Å². The highest BCUT2D eigenvalue weighted by molar-refractivity contribution is 6.29. The molecule has 3 heteroatoms. The number of anilines is 1. The standard InChI is InChI=1S/C12H11ClN2.C2H6/c13-12-7-6-10(9-15-12)8-14-11-4-2-1-3-5-11;1-2/h1-7,9,14H,8H2;1-2H3. The Bertz CT molecular complexity index is 412. The highest BCUT2D eigenvalue weighted by Gasteiger charge is 1.94. The average Bonchev–Trinajstić information content (AvgIpc) is 2.42. The van der Waals surface area contributed by atoms with Crippen molar-refractivity contribution < 1.29 is 0 Å². The first-order valence-electron chi connectivity index (χ1n) is 5.74. The summed E-state index contributed by atoms with van der Waals surface area (Å²) in [5, 5.41) is 3.82. The van der Waals surface area contributed by atoms with Gasteiger partial charge in [0.25, 0.3) is 0 Å². The van der Waals surface area contributed by atoms with Gasteiger partial charge in [-0.25, -0.2) is 4.98 Å². The second-order valence-corrected chi connectivity index (χ2v) is 3.60. The summed E-state index contributed by atoms with van der Waals surface area (Å²) in [6.45, 7) is 4.76. The Kier molecular flexibility index (Phi) is 6.12. The van der Waals surface area contributed by atoms with Gasteiger partial charge >= 0.3 is 0 Å². The van der Waals surface area contributed by atoms with Gasteiger partial charge in [-0.15, -0.1) is 0 Å². The molecule has 0 aliphatic carbocycles. The first kappa shape index (κ1) is 13.5. The zero-order chi connectivity index (χ0) is 12.5. The van der Waals surface area contributed by atoms with E-state index in [1.807, 2.05) is 50.2 Å². The summed E-state index contributed by atoms with van der Waals surface area (Å²) in [5.74, 6) is 0. The van der Waals surface area contributed by atoms with Crippen molar-refractivity contribution in [3.05, 3.63) is 59.4 Å². The van der Waals surface area contributed by atoms with E-state index < -0.39 is 0 Å². The lowest BCUT2D eigenvalue weighted by atomic mass is 10.2. The molecule has 90 valence electrons. The molecule has 0 radical (unpaired) electrons. The zero-order valence-electron chi connectivity index (χ0n) is 10.2. The first-order valence-corrected chi connectivity index (χ1v) is 6.12. The molecule has 17 heavy (non-hydrogen) atoms. The Morgan fingerprint density at radius 3 is 2.35 bits per heavy atom. The summed E-state index contributed by atoms with van der Waals surface area (Å²) in [4.78, 5) is 4.02. The van der Waals surface area contributed by atoms with Crippen LogP contribution >= 0.6 is 11.6 Å². The fourth-order valence-electron chi connectivity index (χ4n) is 1.27. The molecular formula is C14H17ClN2. The number of hydrogen-bond acceptors (Lipinski definition) is 2. The molecule has 0 amide bonds. The molecule has 1 N–H and O–H groups in total. The molecule has 0 aliphatic rings. The van der Waals surface area contributed by atoms with Crippen LogP contribution in [0.2, 0.25) is 5.15 Å². The number of halogens is 1. The van der Waals surface area contributed by atoms with E-state index in [1.54, 1.807) is 12.3 Å². The molecule has 2 nitrogen and oxygen atoms in total. The van der Waals surface area contributed by atoms with Crippen LogP contribution in [-0.2, 0) is 6.54 Å². The summed E-state index contributed by atoms with van der Waals surface area (Å²) in [6, 6.07) is 13.8. The lowest BCUT2D eigenvalue weighted by molar-refractivity contribution is 1.11. The van der Waals surface area contributed by atoms with Crippen LogP contribution in [0.25, 0.3) is 0 Å². The molecular weight excluding hydrogens is 232 g/mol. The number of benzene rings is 1. The minimum atomic E-state index is 0.526. The van der Waals surface area contributed by atoms with E-state index in [9.17, 15) is 0 Å². The van der Waals surface area contributed by atoms with Crippen molar-refractivity contribution in [1.82, 2.24) is 4.98 Å². The lowest BCUT2D eigenvalue weighted by Gasteiger charge is -2.05. The van der Waals surface area contributed by atoms with E-state index in [-0.39, 0.29) is 0 Å². The van der Waals surface area contributed by atoms with E-state index in [0.29, 0.717) is 5.15 Å². The van der Waals surface area contributed by atoms with Gasteiger partial charge in [-0.1, -0.05) is 49.7 Å². The van der Waals surface area contributed by atoms with Gasteiger partial charge in [0.2, 0.25) is 0 Å². The van der Waals surface area contributed by atoms with Crippen molar-refractivity contribution in [2.45, 2.75) is 20.4 Å². The number of pyridine rings is 1. The number of para-hydroxylation sites is 1. The van der Waals surface area contributed by atoms with Crippen LogP contribution in [0, 0.1) is 0 Å². The minimum absolute atomic E-state index is 0.526. The molecule has 0 saturated heterocycles. The summed E-state index contributed by atoms with van der Waals surface area (Å²) >= 11 is 5.70. The van der Waals surface area contributed by atoms with Gasteiger partial charge in [0, 0.05) is 18.4 Å². The molecule has 2 aromatic rings. The number of rotatable bonds is 3. The predicted molar refractivity (Wildman–Crippen MR) is 74.4 cm³/mol. The highest BCUT2D eigenvalue weighted by atomic mass is 35.5. The van der Waals surface area contributed by atoms with Gasteiger partial charge in [-0.2, -0.15) is 0 Å². The fourth-order valence-corrected chi connectivity index (χ4v) is 1.38. The van der Waals surface area contributed by atoms with Crippen molar-refractivity contribution in [2.75, 3.05) is 5.32 Å². The predicted octanol–water partition coefficient (Wildman–Crippen LogP) is 4.37. The SMILES string of the molecule is CC.Clc1ccc(CNc2ccccc2)cn1. The van der Waals surface area contributed by atoms with Gasteiger partial charge < -0.3 is 5.32 Å². The van der Waals surface area contributed by atoms with Crippen LogP contribution < -0.4 is 5.32 Å². The second-order valence-electron chi connectivity index (χ2n) is 3.21. The van der Waals surface area contributed by atoms with Crippen LogP contribution in [-0.4, -0.2) is 4.98 Å². The lowest BCUT2D eigenvalue weighted by Crippen LogP contribution is -1.99. The van der Waals surface area contributed by atoms with Crippen LogP contribution in [0.1, 0.15) is 19.4 Å². The first-order chi connectivity index (χ1) is 8.34. The quantitative estimate of drug-likeness (QED) is 0.816. The molecule has 0 fully saturated rings. The van der Waals surface area contributed by atoms with Gasteiger partial charge in [0.15, 0.2) is 0 Å². The Hall–Kier alpha value is -1.54. The summed E-state index contributed by atoms with van der Waals surface area (Å²) < 4.78 is 0. The largest absolute Gasteiger partial charge is 0.381 e. The molecule has 2 rings (SSSR count). The Balaban J connectivity index is 0.000000686. The smallest absolute Gasteiger partial charge is 0.129 e. The third-order valence-corrected chi connectivity index (χ3v) is 2.28. The second kappa shape index (κ2) is 7.69. The third kappa shape index (κ3) is 4.87. The Morgan fingerprint density at radius 2 is 1.76 bits per heavy atom. The number of hydrogen-bond donors (Lipinski definition) is 1. The molecule has 1 heterocycles. The van der Waals surface area contributed by atoms with Crippen LogP contribution in [0.5, 0.6) is 0 Å². The van der Waals surface area contributed by atoms with Gasteiger partial charge in [-0.05, 0) is 23.8 Å². The van der Waals surface area contributed by atoms with Gasteiger partial charge in [0.05, 0.1) is 0 Å². The van der Waals surface area contributed by atoms with Crippen LogP contribution in [0.15, 0.2) is 48.7 Å². The fraction of sp³-hybridized carbons (Fsp3) is 0.214. The van der Waals surface area contributed by atoms with Gasteiger partial charge in [-0.3, -0.25) is 0 Å². The molecule has 0 saturated carbocycles. The highest BCUT2D eigenvalue weighted by Crippen LogP contribution is 2.09. The number of nitrogens with zero attached hydrogens (tertiary/aromatic N) is 1. The van der Waals surface area contributed by atoms with E-state index in [0.717, 1.165) is 17.8 Å². The van der Waals surface area contributed by atoms with Crippen molar-refractivity contribution in [2.24, 2.45) is 0 Å². The molecule has 0 bridgehead atoms. The average molecular weight is 249 g/mol. The van der Waals surface area contributed by atoms with Crippen molar-refractivity contribution in [3.8, 4) is 0 Å². The summed E-state index contributed by atoms with van der Waals surface area (Å²) in [5.41, 5.74) is 2.22. The van der Waals surface area contributed by atoms with E-state index in [1.165, 1.54) is 0 Å². The molecule has 1 aromatic heterocycles. The Labute approximate surface area is 108 Å². The number of aromatic nitrogens is 1. The molecule has 0 spiro atoms. The third-order valence-electron chi connectivity index (χ3n) is 2.06. The summed E-state index contributed by atoms with van der Waals surface area (Å²) in [7, 11) is 0. The Morgan fingerprint density at radius 1 is 1.06 bits per heavy atom. The monoisotopic (exact) mass is 248 g/mol. The topological polar surface area (TPSA) is 24.9 Å².